The van der Waals surface area contributed by atoms with E-state index in [2.05, 4.69) is 15.6 Å². The zero-order valence-electron chi connectivity index (χ0n) is 19.1. The number of nitrogens with one attached hydrogen (secondary N) is 3. The number of urea groups is 1. The molecule has 0 aliphatic rings. The Kier molecular flexibility index (Phi) is 8.90. The molecule has 0 saturated carbocycles. The molecule has 1 aromatic carbocycles. The van der Waals surface area contributed by atoms with Crippen LogP contribution in [-0.2, 0) is 28.9 Å². The number of thiazole rings is 1. The number of carboxylic acid groups (broad SMARTS) is 1. The van der Waals surface area contributed by atoms with Crippen molar-refractivity contribution in [3.05, 3.63) is 46.2 Å². The van der Waals surface area contributed by atoms with Crippen molar-refractivity contribution in [1.82, 2.24) is 20.7 Å². The Balaban J connectivity index is 1.89. The van der Waals surface area contributed by atoms with Gasteiger partial charge in [0, 0.05) is 18.8 Å². The minimum atomic E-state index is -1.98. The largest absolute Gasteiger partial charge is 0.528 e. The zero-order chi connectivity index (χ0) is 25.5. The summed E-state index contributed by atoms with van der Waals surface area (Å²) in [5, 5.41) is 18.2. The summed E-state index contributed by atoms with van der Waals surface area (Å²) < 4.78 is 19.4. The number of imide groups is 1. The number of benzene rings is 1. The number of ether oxygens (including phenoxy) is 1. The third kappa shape index (κ3) is 8.65. The maximum atomic E-state index is 14.5. The molecule has 34 heavy (non-hydrogen) atoms. The summed E-state index contributed by atoms with van der Waals surface area (Å²) >= 11 is 1.28. The maximum absolute atomic E-state index is 14.5. The number of aryl methyl sites for hydroxylation is 2. The van der Waals surface area contributed by atoms with Crippen LogP contribution in [0.25, 0.3) is 0 Å². The predicted molar refractivity (Wildman–Crippen MR) is 119 cm³/mol. The van der Waals surface area contributed by atoms with Crippen molar-refractivity contribution in [1.29, 1.82) is 0 Å². The lowest BCUT2D eigenvalue weighted by atomic mass is 10.1. The lowest BCUT2D eigenvalue weighted by molar-refractivity contribution is -0.265. The normalized spacial score (nSPS) is 10.9. The van der Waals surface area contributed by atoms with Gasteiger partial charge in [-0.25, -0.2) is 24.4 Å². The molecule has 0 unspecified atom stereocenters. The van der Waals surface area contributed by atoms with Gasteiger partial charge in [-0.1, -0.05) is 12.1 Å². The molecule has 0 spiro atoms. The van der Waals surface area contributed by atoms with Gasteiger partial charge in [-0.15, -0.1) is 11.3 Å². The molecule has 0 fully saturated rings. The van der Waals surface area contributed by atoms with Crippen molar-refractivity contribution >= 4 is 40.6 Å². The van der Waals surface area contributed by atoms with E-state index in [0.29, 0.717) is 29.1 Å². The highest BCUT2D eigenvalue weighted by molar-refractivity contribution is 7.13. The Morgan fingerprint density at radius 3 is 2.50 bits per heavy atom. The first-order valence-corrected chi connectivity index (χ1v) is 11.0. The molecule has 13 heteroatoms. The van der Waals surface area contributed by atoms with Crippen molar-refractivity contribution in [3.63, 3.8) is 0 Å². The fourth-order valence-electron chi connectivity index (χ4n) is 2.59. The van der Waals surface area contributed by atoms with Gasteiger partial charge in [-0.2, -0.15) is 5.01 Å². The van der Waals surface area contributed by atoms with Crippen molar-refractivity contribution < 1.29 is 33.4 Å². The van der Waals surface area contributed by atoms with Gasteiger partial charge in [0.05, 0.1) is 5.69 Å². The predicted octanol–water partition coefficient (Wildman–Crippen LogP) is 2.32. The van der Waals surface area contributed by atoms with E-state index in [1.807, 2.05) is 5.43 Å². The quantitative estimate of drug-likeness (QED) is 0.521. The van der Waals surface area contributed by atoms with E-state index in [1.54, 1.807) is 17.5 Å². The van der Waals surface area contributed by atoms with Gasteiger partial charge in [0.15, 0.2) is 11.2 Å². The average Bonchev–Trinajstić information content (AvgIpc) is 3.14. The Hall–Kier alpha value is -3.74. The van der Waals surface area contributed by atoms with Crippen LogP contribution >= 0.6 is 11.3 Å². The number of anilines is 1. The van der Waals surface area contributed by atoms with Crippen LogP contribution in [0.3, 0.4) is 0 Å². The molecule has 11 nitrogen and oxygen atoms in total. The van der Waals surface area contributed by atoms with Gasteiger partial charge in [0.2, 0.25) is 5.91 Å². The van der Waals surface area contributed by atoms with Gasteiger partial charge in [0.25, 0.3) is 0 Å². The smallest absolute Gasteiger partial charge is 0.435 e. The van der Waals surface area contributed by atoms with Crippen molar-refractivity contribution in [3.8, 4) is 0 Å². The summed E-state index contributed by atoms with van der Waals surface area (Å²) in [6, 6.07) is 3.38. The second kappa shape index (κ2) is 11.4. The minimum Gasteiger partial charge on any atom is -0.528 e. The van der Waals surface area contributed by atoms with Crippen molar-refractivity contribution in [2.24, 2.45) is 0 Å². The summed E-state index contributed by atoms with van der Waals surface area (Å²) in [4.78, 5) is 50.3. The Morgan fingerprint density at radius 2 is 1.91 bits per heavy atom. The molecule has 3 N–H and O–H groups in total. The minimum absolute atomic E-state index is 0.0971. The molecule has 0 aliphatic heterocycles. The van der Waals surface area contributed by atoms with Gasteiger partial charge in [0.1, 0.15) is 11.4 Å². The second-order valence-electron chi connectivity index (χ2n) is 8.13. The molecule has 0 aliphatic carbocycles. The van der Waals surface area contributed by atoms with Crippen LogP contribution in [0, 0.1) is 5.82 Å². The SMILES string of the molecule is CC(=O)Nc1nc(CCc2ccc(CNC(=O)NN(C(=O)[O-])C(=O)OC(C)(C)C)cc2F)cs1. The van der Waals surface area contributed by atoms with Gasteiger partial charge in [-0.3, -0.25) is 4.79 Å². The van der Waals surface area contributed by atoms with E-state index in [4.69, 9.17) is 4.74 Å². The van der Waals surface area contributed by atoms with Crippen molar-refractivity contribution in [2.75, 3.05) is 5.32 Å². The summed E-state index contributed by atoms with van der Waals surface area (Å²) in [5.74, 6) is -0.705. The van der Waals surface area contributed by atoms with Gasteiger partial charge < -0.3 is 25.3 Å². The van der Waals surface area contributed by atoms with Crippen LogP contribution < -0.4 is 21.2 Å². The maximum Gasteiger partial charge on any atom is 0.435 e. The van der Waals surface area contributed by atoms with Crippen LogP contribution in [0.1, 0.15) is 44.5 Å². The van der Waals surface area contributed by atoms with Crippen LogP contribution in [0.4, 0.5) is 23.9 Å². The summed E-state index contributed by atoms with van der Waals surface area (Å²) in [7, 11) is 0. The van der Waals surface area contributed by atoms with E-state index in [-0.39, 0.29) is 17.5 Å². The van der Waals surface area contributed by atoms with E-state index < -0.39 is 29.6 Å². The number of hydrogen-bond donors (Lipinski definition) is 3. The number of hydrazine groups is 1. The zero-order valence-corrected chi connectivity index (χ0v) is 19.9. The van der Waals surface area contributed by atoms with Crippen LogP contribution in [0.5, 0.6) is 0 Å². The topological polar surface area (TPSA) is 153 Å². The highest BCUT2D eigenvalue weighted by Crippen LogP contribution is 2.18. The van der Waals surface area contributed by atoms with E-state index in [1.165, 1.54) is 45.1 Å². The number of rotatable bonds is 6. The summed E-state index contributed by atoms with van der Waals surface area (Å²) in [5.41, 5.74) is 2.39. The number of amides is 5. The number of hydrogen-bond acceptors (Lipinski definition) is 8. The molecule has 0 bridgehead atoms. The van der Waals surface area contributed by atoms with E-state index in [9.17, 15) is 28.7 Å². The van der Waals surface area contributed by atoms with E-state index >= 15 is 0 Å². The molecular formula is C21H25FN5O6S-. The molecule has 0 atom stereocenters. The number of aromatic nitrogens is 1. The first kappa shape index (κ1) is 26.5. The van der Waals surface area contributed by atoms with Crippen LogP contribution in [0.15, 0.2) is 23.6 Å². The van der Waals surface area contributed by atoms with Crippen LogP contribution in [-0.4, -0.2) is 39.7 Å². The number of carbonyl (C=O) groups is 4. The molecule has 1 heterocycles. The monoisotopic (exact) mass is 494 g/mol. The summed E-state index contributed by atoms with van der Waals surface area (Å²) in [6.45, 7) is 5.82. The first-order valence-electron chi connectivity index (χ1n) is 10.1. The molecule has 5 amide bonds. The number of nitrogens with zero attached hydrogens (tertiary/aromatic N) is 2. The highest BCUT2D eigenvalue weighted by atomic mass is 32.1. The second-order valence-corrected chi connectivity index (χ2v) is 8.99. The number of halogens is 1. The summed E-state index contributed by atoms with van der Waals surface area (Å²) in [6.07, 6.45) is -2.47. The van der Waals surface area contributed by atoms with E-state index in [0.717, 1.165) is 5.69 Å². The lowest BCUT2D eigenvalue weighted by Crippen LogP contribution is -2.57. The fraction of sp³-hybridized carbons (Fsp3) is 0.381. The molecule has 184 valence electrons. The lowest BCUT2D eigenvalue weighted by Gasteiger charge is -2.27. The Morgan fingerprint density at radius 1 is 1.21 bits per heavy atom. The Bertz CT molecular complexity index is 1070. The standard InChI is InChI=1S/C21H26FN5O6S/c1-12(28)24-18-25-15(11-34-18)8-7-14-6-5-13(9-16(14)22)10-23-17(29)26-27(19(30)31)20(32)33-21(2,3)4/h5-6,9,11H,7-8,10H2,1-4H3,(H,30,31)(H2,23,26,29)(H,24,25,28)/p-1. The highest BCUT2D eigenvalue weighted by Gasteiger charge is 2.24. The molecule has 0 saturated heterocycles. The molecule has 0 radical (unpaired) electrons. The first-order chi connectivity index (χ1) is 15.8. The molecular weight excluding hydrogens is 469 g/mol. The van der Waals surface area contributed by atoms with Crippen LogP contribution in [0.2, 0.25) is 0 Å². The number of carbonyl (C=O) groups excluding carboxylic acids is 4. The molecule has 2 rings (SSSR count). The molecule has 1 aromatic heterocycles. The fourth-order valence-corrected chi connectivity index (χ4v) is 3.38. The van der Waals surface area contributed by atoms with Gasteiger partial charge >= 0.3 is 12.1 Å². The third-order valence-corrected chi connectivity index (χ3v) is 4.83. The average molecular weight is 495 g/mol. The molecule has 2 aromatic rings. The Labute approximate surface area is 199 Å². The van der Waals surface area contributed by atoms with Crippen molar-refractivity contribution in [2.45, 2.75) is 52.7 Å². The van der Waals surface area contributed by atoms with Gasteiger partial charge in [-0.05, 0) is 50.8 Å². The third-order valence-electron chi connectivity index (χ3n) is 4.03.